The van der Waals surface area contributed by atoms with Gasteiger partial charge in [-0.15, -0.1) is 0 Å². The molecule has 0 spiro atoms. The Bertz CT molecular complexity index is 450. The Labute approximate surface area is 123 Å². The van der Waals surface area contributed by atoms with Crippen molar-refractivity contribution in [2.24, 2.45) is 0 Å². The third-order valence-electron chi connectivity index (χ3n) is 2.35. The van der Waals surface area contributed by atoms with Gasteiger partial charge in [-0.05, 0) is 0 Å². The molecule has 1 aromatic rings. The molecule has 0 aromatic carbocycles. The summed E-state index contributed by atoms with van der Waals surface area (Å²) >= 11 is 1.64. The Hall–Kier alpha value is -1.01. The van der Waals surface area contributed by atoms with Crippen molar-refractivity contribution in [1.82, 2.24) is 9.97 Å². The normalized spacial score (nSPS) is 16.3. The van der Waals surface area contributed by atoms with Crippen LogP contribution in [0.1, 0.15) is 17.6 Å². The van der Waals surface area contributed by atoms with E-state index >= 15 is 0 Å². The van der Waals surface area contributed by atoms with E-state index < -0.39 is 24.9 Å². The van der Waals surface area contributed by atoms with Crippen LogP contribution in [0.3, 0.4) is 0 Å². The number of rotatable bonds is 7. The van der Waals surface area contributed by atoms with E-state index in [0.29, 0.717) is 0 Å². The maximum atomic E-state index is 9.74. The van der Waals surface area contributed by atoms with E-state index in [1.807, 2.05) is 0 Å². The topological polar surface area (TPSA) is 143 Å². The number of hydrogen-bond donors (Lipinski definition) is 6. The van der Waals surface area contributed by atoms with E-state index in [-0.39, 0.29) is 17.2 Å². The zero-order valence-corrected chi connectivity index (χ0v) is 11.9. The minimum atomic E-state index is -1.57. The summed E-state index contributed by atoms with van der Waals surface area (Å²) < 4.78 is 4.63. The first-order chi connectivity index (χ1) is 9.01. The standard InChI is InChI=1S/C10H14IN3O5/c11-19-2-1-5(12)10-13-3-6(14-10)8(17)9(18)7(16)4-15/h1-3,7-9,12,15-18H,4H2,(H,13,14)/b2-1-,12-5?/t7-,8-,9-/m1/s1. The number of hydrogen-bond acceptors (Lipinski definition) is 7. The van der Waals surface area contributed by atoms with Crippen LogP contribution in [0.5, 0.6) is 0 Å². The molecule has 0 saturated carbocycles. The highest BCUT2D eigenvalue weighted by Crippen LogP contribution is 2.17. The maximum absolute atomic E-state index is 9.74. The molecule has 0 fully saturated rings. The van der Waals surface area contributed by atoms with Gasteiger partial charge in [0.25, 0.3) is 0 Å². The van der Waals surface area contributed by atoms with E-state index in [2.05, 4.69) is 13.0 Å². The summed E-state index contributed by atoms with van der Waals surface area (Å²) in [5, 5.41) is 44.8. The molecule has 1 rings (SSSR count). The molecule has 0 saturated heterocycles. The van der Waals surface area contributed by atoms with Crippen LogP contribution in [-0.2, 0) is 3.07 Å². The minimum Gasteiger partial charge on any atom is -0.436 e. The van der Waals surface area contributed by atoms with Crippen LogP contribution in [0.4, 0.5) is 0 Å². The Kier molecular flexibility index (Phi) is 6.37. The molecule has 9 heteroatoms. The number of halogens is 1. The molecule has 3 atom stereocenters. The Morgan fingerprint density at radius 1 is 1.53 bits per heavy atom. The summed E-state index contributed by atoms with van der Waals surface area (Å²) in [6.45, 7) is -0.680. The minimum absolute atomic E-state index is 0.0207. The zero-order chi connectivity index (χ0) is 14.4. The zero-order valence-electron chi connectivity index (χ0n) is 9.69. The Morgan fingerprint density at radius 2 is 2.21 bits per heavy atom. The van der Waals surface area contributed by atoms with Gasteiger partial charge >= 0.3 is 0 Å². The van der Waals surface area contributed by atoms with Gasteiger partial charge in [0.15, 0.2) is 28.8 Å². The molecule has 19 heavy (non-hydrogen) atoms. The van der Waals surface area contributed by atoms with E-state index in [9.17, 15) is 15.3 Å². The molecular weight excluding hydrogens is 369 g/mol. The van der Waals surface area contributed by atoms with Crippen molar-refractivity contribution in [3.8, 4) is 0 Å². The summed E-state index contributed by atoms with van der Waals surface area (Å²) in [4.78, 5) is 6.56. The lowest BCUT2D eigenvalue weighted by Crippen LogP contribution is -2.34. The van der Waals surface area contributed by atoms with Crippen molar-refractivity contribution in [3.63, 3.8) is 0 Å². The van der Waals surface area contributed by atoms with Crippen LogP contribution in [0.25, 0.3) is 0 Å². The van der Waals surface area contributed by atoms with Gasteiger partial charge in [-0.25, -0.2) is 4.98 Å². The molecule has 0 bridgehead atoms. The number of aromatic nitrogens is 2. The van der Waals surface area contributed by atoms with Gasteiger partial charge in [0, 0.05) is 12.3 Å². The van der Waals surface area contributed by atoms with E-state index in [4.69, 9.17) is 10.5 Å². The molecule has 0 radical (unpaired) electrons. The predicted molar refractivity (Wildman–Crippen MR) is 73.7 cm³/mol. The molecule has 0 amide bonds. The largest absolute Gasteiger partial charge is 0.436 e. The molecular formula is C10H14IN3O5. The molecule has 0 unspecified atom stereocenters. The molecule has 0 aliphatic heterocycles. The van der Waals surface area contributed by atoms with Crippen molar-refractivity contribution in [2.45, 2.75) is 18.3 Å². The van der Waals surface area contributed by atoms with E-state index in [1.54, 1.807) is 23.0 Å². The first-order valence-corrected chi connectivity index (χ1v) is 6.12. The fraction of sp³-hybridized carbons (Fsp3) is 0.400. The van der Waals surface area contributed by atoms with Gasteiger partial charge < -0.3 is 28.5 Å². The van der Waals surface area contributed by atoms with Gasteiger partial charge in [0.05, 0.1) is 24.3 Å². The summed E-state index contributed by atoms with van der Waals surface area (Å²) in [7, 11) is 0. The van der Waals surface area contributed by atoms with Crippen LogP contribution in [-0.4, -0.2) is 54.9 Å². The summed E-state index contributed by atoms with van der Waals surface area (Å²) in [5.41, 5.74) is 0.0795. The second-order valence-corrected chi connectivity index (χ2v) is 4.17. The highest BCUT2D eigenvalue weighted by Gasteiger charge is 2.27. The summed E-state index contributed by atoms with van der Waals surface area (Å²) in [6.07, 6.45) is -0.567. The quantitative estimate of drug-likeness (QED) is 0.211. The van der Waals surface area contributed by atoms with Crippen LogP contribution in [0.15, 0.2) is 18.5 Å². The molecule has 8 nitrogen and oxygen atoms in total. The number of nitrogens with one attached hydrogen (secondary N) is 2. The molecule has 6 N–H and O–H groups in total. The smallest absolute Gasteiger partial charge is 0.191 e. The first-order valence-electron chi connectivity index (χ1n) is 5.24. The Balaban J connectivity index is 2.79. The SMILES string of the molecule is N=C(/C=C\OI)c1nc([C@@H](O)[C@H](O)[C@H](O)CO)c[nH]1. The van der Waals surface area contributed by atoms with Crippen LogP contribution in [0, 0.1) is 5.41 Å². The molecule has 106 valence electrons. The van der Waals surface area contributed by atoms with Gasteiger partial charge in [-0.1, -0.05) is 0 Å². The third-order valence-corrected chi connectivity index (χ3v) is 2.64. The first kappa shape index (κ1) is 16.0. The number of allylic oxidation sites excluding steroid dienone is 1. The highest BCUT2D eigenvalue weighted by molar-refractivity contribution is 14.1. The average Bonchev–Trinajstić information content (AvgIpc) is 2.91. The monoisotopic (exact) mass is 383 g/mol. The summed E-state index contributed by atoms with van der Waals surface area (Å²) in [6, 6.07) is 0. The van der Waals surface area contributed by atoms with Gasteiger partial charge in [0.2, 0.25) is 0 Å². The second-order valence-electron chi connectivity index (χ2n) is 3.66. The highest BCUT2D eigenvalue weighted by atomic mass is 127. The number of imidazole rings is 1. The number of nitrogens with zero attached hydrogens (tertiary/aromatic N) is 1. The number of aliphatic hydroxyl groups excluding tert-OH is 4. The molecule has 1 heterocycles. The molecule has 0 aliphatic rings. The number of aromatic amines is 1. The van der Waals surface area contributed by atoms with Crippen molar-refractivity contribution < 1.29 is 23.5 Å². The van der Waals surface area contributed by atoms with Crippen molar-refractivity contribution in [2.75, 3.05) is 6.61 Å². The molecule has 0 aliphatic carbocycles. The fourth-order valence-electron chi connectivity index (χ4n) is 1.29. The van der Waals surface area contributed by atoms with Gasteiger partial charge in [-0.3, -0.25) is 5.41 Å². The van der Waals surface area contributed by atoms with Crippen LogP contribution in [0.2, 0.25) is 0 Å². The van der Waals surface area contributed by atoms with E-state index in [1.165, 1.54) is 18.5 Å². The van der Waals surface area contributed by atoms with Crippen molar-refractivity contribution in [3.05, 3.63) is 30.1 Å². The molecule has 1 aromatic heterocycles. The van der Waals surface area contributed by atoms with Gasteiger partial charge in [0.1, 0.15) is 18.3 Å². The number of aliphatic hydroxyl groups is 4. The van der Waals surface area contributed by atoms with Crippen molar-refractivity contribution >= 4 is 28.7 Å². The van der Waals surface area contributed by atoms with E-state index in [0.717, 1.165) is 0 Å². The lowest BCUT2D eigenvalue weighted by Gasteiger charge is -2.19. The third kappa shape index (κ3) is 4.24. The lowest BCUT2D eigenvalue weighted by atomic mass is 10.1. The summed E-state index contributed by atoms with van der Waals surface area (Å²) in [5.74, 6) is 0.171. The van der Waals surface area contributed by atoms with Crippen LogP contribution < -0.4 is 0 Å². The lowest BCUT2D eigenvalue weighted by molar-refractivity contribution is -0.0788. The maximum Gasteiger partial charge on any atom is 0.191 e. The van der Waals surface area contributed by atoms with Crippen molar-refractivity contribution in [1.29, 1.82) is 5.41 Å². The van der Waals surface area contributed by atoms with Crippen LogP contribution >= 0.6 is 23.0 Å². The average molecular weight is 383 g/mol. The van der Waals surface area contributed by atoms with Gasteiger partial charge in [-0.2, -0.15) is 0 Å². The number of H-pyrrole nitrogens is 1. The second kappa shape index (κ2) is 7.55. The Morgan fingerprint density at radius 3 is 2.79 bits per heavy atom. The fourth-order valence-corrected chi connectivity index (χ4v) is 1.44. The predicted octanol–water partition coefficient (Wildman–Crippen LogP) is -0.595.